The Morgan fingerprint density at radius 3 is 2.03 bits per heavy atom. The lowest BCUT2D eigenvalue weighted by atomic mass is 9.98. The van der Waals surface area contributed by atoms with E-state index in [1.54, 1.807) is 72.8 Å². The third kappa shape index (κ3) is 4.96. The zero-order chi connectivity index (χ0) is 20.6. The number of hydrogen-bond donors (Lipinski definition) is 1. The number of amides is 1. The summed E-state index contributed by atoms with van der Waals surface area (Å²) in [4.78, 5) is 37.4. The molecule has 3 rings (SSSR count). The van der Waals surface area contributed by atoms with E-state index < -0.39 is 11.9 Å². The maximum absolute atomic E-state index is 12.8. The highest BCUT2D eigenvalue weighted by Gasteiger charge is 2.18. The smallest absolute Gasteiger partial charge is 0.338 e. The maximum Gasteiger partial charge on any atom is 0.338 e. The van der Waals surface area contributed by atoms with Crippen molar-refractivity contribution in [2.75, 3.05) is 11.9 Å². The molecule has 0 aliphatic heterocycles. The molecule has 0 aliphatic rings. The molecule has 3 aromatic rings. The number of anilines is 1. The molecule has 0 aliphatic carbocycles. The lowest BCUT2D eigenvalue weighted by Crippen LogP contribution is -2.17. The Hall–Kier alpha value is -3.73. The number of nitrogens with one attached hydrogen (secondary N) is 1. The van der Waals surface area contributed by atoms with Gasteiger partial charge in [0.05, 0.1) is 17.7 Å². The first-order chi connectivity index (χ1) is 14.1. The van der Waals surface area contributed by atoms with Gasteiger partial charge < -0.3 is 10.1 Å². The summed E-state index contributed by atoms with van der Waals surface area (Å²) in [5.74, 6) is -1.01. The minimum atomic E-state index is -0.400. The second-order valence-corrected chi connectivity index (χ2v) is 6.41. The summed E-state index contributed by atoms with van der Waals surface area (Å²) in [5, 5.41) is 2.77. The number of esters is 1. The van der Waals surface area contributed by atoms with Gasteiger partial charge in [-0.2, -0.15) is 0 Å². The van der Waals surface area contributed by atoms with Crippen LogP contribution in [-0.2, 0) is 4.74 Å². The highest BCUT2D eigenvalue weighted by atomic mass is 16.5. The Balaban J connectivity index is 1.76. The molecule has 0 saturated heterocycles. The lowest BCUT2D eigenvalue weighted by Gasteiger charge is -2.10. The minimum Gasteiger partial charge on any atom is -0.462 e. The van der Waals surface area contributed by atoms with Crippen molar-refractivity contribution in [1.29, 1.82) is 0 Å². The van der Waals surface area contributed by atoms with Crippen LogP contribution in [0.1, 0.15) is 50.0 Å². The van der Waals surface area contributed by atoms with Gasteiger partial charge in [0.2, 0.25) is 0 Å². The molecule has 1 amide bonds. The Labute approximate surface area is 169 Å². The standard InChI is InChI=1S/C24H21NO4/c1-2-16-29-24(28)18-12-14-19(15-13-18)25-23(27)21-11-7-6-10-20(21)22(26)17-8-4-3-5-9-17/h3-15H,2,16H2,1H3,(H,25,27). The fourth-order valence-corrected chi connectivity index (χ4v) is 2.79. The fraction of sp³-hybridized carbons (Fsp3) is 0.125. The number of carbonyl (C=O) groups is 3. The van der Waals surface area contributed by atoms with Crippen LogP contribution in [-0.4, -0.2) is 24.3 Å². The number of hydrogen-bond acceptors (Lipinski definition) is 4. The molecule has 0 aromatic heterocycles. The summed E-state index contributed by atoms with van der Waals surface area (Å²) in [5.41, 5.74) is 2.06. The first kappa shape index (κ1) is 20.0. The fourth-order valence-electron chi connectivity index (χ4n) is 2.79. The van der Waals surface area contributed by atoms with Gasteiger partial charge in [-0.15, -0.1) is 0 Å². The van der Waals surface area contributed by atoms with Crippen molar-refractivity contribution < 1.29 is 19.1 Å². The molecule has 0 atom stereocenters. The van der Waals surface area contributed by atoms with Gasteiger partial charge in [-0.1, -0.05) is 55.5 Å². The van der Waals surface area contributed by atoms with Crippen LogP contribution >= 0.6 is 0 Å². The van der Waals surface area contributed by atoms with E-state index in [1.807, 2.05) is 13.0 Å². The summed E-state index contributed by atoms with van der Waals surface area (Å²) in [6, 6.07) is 21.9. The number of ether oxygens (including phenoxy) is 1. The molecular weight excluding hydrogens is 366 g/mol. The largest absolute Gasteiger partial charge is 0.462 e. The van der Waals surface area contributed by atoms with Crippen molar-refractivity contribution in [3.63, 3.8) is 0 Å². The van der Waals surface area contributed by atoms with Gasteiger partial charge in [0, 0.05) is 16.8 Å². The van der Waals surface area contributed by atoms with Crippen LogP contribution in [0.25, 0.3) is 0 Å². The van der Waals surface area contributed by atoms with Crippen molar-refractivity contribution in [3.05, 3.63) is 101 Å². The number of benzene rings is 3. The molecule has 1 N–H and O–H groups in total. The molecule has 0 spiro atoms. The molecule has 5 nitrogen and oxygen atoms in total. The van der Waals surface area contributed by atoms with Gasteiger partial charge in [-0.25, -0.2) is 4.79 Å². The van der Waals surface area contributed by atoms with E-state index in [9.17, 15) is 14.4 Å². The molecule has 0 unspecified atom stereocenters. The molecule has 0 saturated carbocycles. The predicted octanol–water partition coefficient (Wildman–Crippen LogP) is 4.74. The second kappa shape index (κ2) is 9.46. The normalized spacial score (nSPS) is 10.2. The Morgan fingerprint density at radius 1 is 0.759 bits per heavy atom. The van der Waals surface area contributed by atoms with E-state index >= 15 is 0 Å². The van der Waals surface area contributed by atoms with Crippen LogP contribution in [0.5, 0.6) is 0 Å². The SMILES string of the molecule is CCCOC(=O)c1ccc(NC(=O)c2ccccc2C(=O)c2ccccc2)cc1. The van der Waals surface area contributed by atoms with Gasteiger partial charge in [0.15, 0.2) is 5.78 Å². The zero-order valence-corrected chi connectivity index (χ0v) is 16.1. The number of carbonyl (C=O) groups excluding carboxylic acids is 3. The molecule has 0 radical (unpaired) electrons. The van der Waals surface area contributed by atoms with Crippen LogP contribution < -0.4 is 5.32 Å². The van der Waals surface area contributed by atoms with E-state index in [2.05, 4.69) is 5.32 Å². The molecular formula is C24H21NO4. The van der Waals surface area contributed by atoms with Gasteiger partial charge in [0.1, 0.15) is 0 Å². The second-order valence-electron chi connectivity index (χ2n) is 6.41. The topological polar surface area (TPSA) is 72.5 Å². The molecule has 146 valence electrons. The summed E-state index contributed by atoms with van der Waals surface area (Å²) >= 11 is 0. The lowest BCUT2D eigenvalue weighted by molar-refractivity contribution is 0.0505. The van der Waals surface area contributed by atoms with E-state index in [0.717, 1.165) is 6.42 Å². The van der Waals surface area contributed by atoms with Gasteiger partial charge in [-0.3, -0.25) is 9.59 Å². The van der Waals surface area contributed by atoms with Crippen molar-refractivity contribution in [1.82, 2.24) is 0 Å². The quantitative estimate of drug-likeness (QED) is 0.470. The summed E-state index contributed by atoms with van der Waals surface area (Å²) in [6.45, 7) is 2.29. The molecule has 0 bridgehead atoms. The molecule has 3 aromatic carbocycles. The van der Waals surface area contributed by atoms with Crippen LogP contribution in [0.4, 0.5) is 5.69 Å². The third-order valence-corrected chi connectivity index (χ3v) is 4.27. The molecule has 0 fully saturated rings. The molecule has 5 heteroatoms. The maximum atomic E-state index is 12.8. The van der Waals surface area contributed by atoms with E-state index in [0.29, 0.717) is 29.0 Å². The Kier molecular flexibility index (Phi) is 6.53. The number of rotatable bonds is 7. The summed E-state index contributed by atoms with van der Waals surface area (Å²) in [6.07, 6.45) is 0.751. The first-order valence-corrected chi connectivity index (χ1v) is 9.37. The van der Waals surface area contributed by atoms with Crippen LogP contribution in [0.2, 0.25) is 0 Å². The highest BCUT2D eigenvalue weighted by molar-refractivity contribution is 6.17. The van der Waals surface area contributed by atoms with Crippen molar-refractivity contribution in [2.45, 2.75) is 13.3 Å². The monoisotopic (exact) mass is 387 g/mol. The van der Waals surface area contributed by atoms with Crippen LogP contribution in [0.3, 0.4) is 0 Å². The van der Waals surface area contributed by atoms with Crippen molar-refractivity contribution in [3.8, 4) is 0 Å². The summed E-state index contributed by atoms with van der Waals surface area (Å²) < 4.78 is 5.09. The highest BCUT2D eigenvalue weighted by Crippen LogP contribution is 2.17. The Morgan fingerprint density at radius 2 is 1.38 bits per heavy atom. The Bertz CT molecular complexity index is 1010. The van der Waals surface area contributed by atoms with Crippen LogP contribution in [0.15, 0.2) is 78.9 Å². The number of ketones is 1. The van der Waals surface area contributed by atoms with Crippen LogP contribution in [0, 0.1) is 0 Å². The first-order valence-electron chi connectivity index (χ1n) is 9.37. The molecule has 0 heterocycles. The average Bonchev–Trinajstić information content (AvgIpc) is 2.78. The minimum absolute atomic E-state index is 0.217. The average molecular weight is 387 g/mol. The molecule has 29 heavy (non-hydrogen) atoms. The van der Waals surface area contributed by atoms with E-state index in [1.165, 1.54) is 0 Å². The van der Waals surface area contributed by atoms with Gasteiger partial charge in [0.25, 0.3) is 5.91 Å². The predicted molar refractivity (Wildman–Crippen MR) is 111 cm³/mol. The van der Waals surface area contributed by atoms with Crippen molar-refractivity contribution in [2.24, 2.45) is 0 Å². The van der Waals surface area contributed by atoms with E-state index in [4.69, 9.17) is 4.74 Å². The zero-order valence-electron chi connectivity index (χ0n) is 16.1. The van der Waals surface area contributed by atoms with Gasteiger partial charge in [-0.05, 0) is 36.8 Å². The third-order valence-electron chi connectivity index (χ3n) is 4.27. The summed E-state index contributed by atoms with van der Waals surface area (Å²) in [7, 11) is 0. The van der Waals surface area contributed by atoms with Crippen molar-refractivity contribution >= 4 is 23.3 Å². The van der Waals surface area contributed by atoms with Gasteiger partial charge >= 0.3 is 5.97 Å². The van der Waals surface area contributed by atoms with E-state index in [-0.39, 0.29) is 11.3 Å².